The van der Waals surface area contributed by atoms with Gasteiger partial charge < -0.3 is 24.7 Å². The van der Waals surface area contributed by atoms with E-state index >= 15 is 0 Å². The smallest absolute Gasteiger partial charge is 0.356 e. The Morgan fingerprint density at radius 2 is 2.13 bits per heavy atom. The minimum Gasteiger partial charge on any atom is -0.464 e. The molecule has 0 radical (unpaired) electrons. The topological polar surface area (TPSA) is 94.5 Å². The van der Waals surface area contributed by atoms with E-state index in [1.54, 1.807) is 6.20 Å². The molecule has 8 nitrogen and oxygen atoms in total. The van der Waals surface area contributed by atoms with Gasteiger partial charge in [0.15, 0.2) is 5.69 Å². The van der Waals surface area contributed by atoms with Crippen molar-refractivity contribution >= 4 is 34.3 Å². The molecular weight excluding hydrogens is 384 g/mol. The van der Waals surface area contributed by atoms with Crippen molar-refractivity contribution in [3.63, 3.8) is 0 Å². The number of methoxy groups -OCH3 is 1. The van der Waals surface area contributed by atoms with E-state index in [0.29, 0.717) is 41.5 Å². The molecule has 0 aliphatic carbocycles. The minimum absolute atomic E-state index is 0.00338. The Labute approximate surface area is 177 Å². The third kappa shape index (κ3) is 4.75. The molecule has 1 fully saturated rings. The number of pyridine rings is 1. The number of fused-ring (bicyclic) bond motifs is 1. The summed E-state index contributed by atoms with van der Waals surface area (Å²) in [4.78, 5) is 29.2. The summed E-state index contributed by atoms with van der Waals surface area (Å²) < 4.78 is 12.6. The fourth-order valence-corrected chi connectivity index (χ4v) is 3.94. The third-order valence-corrected chi connectivity index (χ3v) is 5.74. The van der Waals surface area contributed by atoms with Crippen molar-refractivity contribution in [3.8, 4) is 0 Å². The predicted octanol–water partition coefficient (Wildman–Crippen LogP) is 3.81. The second-order valence-electron chi connectivity index (χ2n) is 7.80. The third-order valence-electron chi connectivity index (χ3n) is 5.74. The molecule has 1 aliphatic rings. The molecule has 1 aliphatic heterocycles. The largest absolute Gasteiger partial charge is 0.464 e. The summed E-state index contributed by atoms with van der Waals surface area (Å²) in [5.74, 6) is -0.196. The van der Waals surface area contributed by atoms with Gasteiger partial charge in [-0.05, 0) is 24.8 Å². The number of carbonyl (C=O) groups excluding carboxylic acids is 2. The first-order valence-electron chi connectivity index (χ1n) is 10.7. The molecule has 0 aromatic carbocycles. The van der Waals surface area contributed by atoms with Gasteiger partial charge in [0.05, 0.1) is 37.3 Å². The molecular formula is C22H32N4O4. The zero-order valence-corrected chi connectivity index (χ0v) is 18.3. The van der Waals surface area contributed by atoms with E-state index in [-0.39, 0.29) is 12.0 Å². The van der Waals surface area contributed by atoms with Crippen LogP contribution in [0.15, 0.2) is 12.3 Å². The number of carbonyl (C=O) groups is 2. The van der Waals surface area contributed by atoms with Crippen molar-refractivity contribution in [2.45, 2.75) is 59.1 Å². The van der Waals surface area contributed by atoms with Gasteiger partial charge in [-0.1, -0.05) is 26.7 Å². The summed E-state index contributed by atoms with van der Waals surface area (Å²) in [7, 11) is 1.34. The maximum Gasteiger partial charge on any atom is 0.356 e. The summed E-state index contributed by atoms with van der Waals surface area (Å²) in [6.45, 7) is 7.82. The van der Waals surface area contributed by atoms with Crippen LogP contribution in [0.3, 0.4) is 0 Å². The minimum atomic E-state index is -0.513. The van der Waals surface area contributed by atoms with Gasteiger partial charge >= 0.3 is 5.97 Å². The first kappa shape index (κ1) is 22.1. The molecule has 0 saturated carbocycles. The van der Waals surface area contributed by atoms with Crippen LogP contribution in [0, 0.1) is 5.92 Å². The van der Waals surface area contributed by atoms with Gasteiger partial charge in [-0.2, -0.15) is 0 Å². The molecule has 2 aromatic heterocycles. The number of aromatic nitrogens is 2. The molecule has 0 spiro atoms. The molecule has 0 bridgehead atoms. The summed E-state index contributed by atoms with van der Waals surface area (Å²) in [5, 5.41) is 6.97. The Hall–Kier alpha value is -2.61. The maximum atomic E-state index is 12.7. The van der Waals surface area contributed by atoms with E-state index in [2.05, 4.69) is 29.5 Å². The number of hydrogen-bond acceptors (Lipinski definition) is 6. The molecule has 164 valence electrons. The molecule has 3 rings (SSSR count). The summed E-state index contributed by atoms with van der Waals surface area (Å²) in [6.07, 6.45) is 5.89. The molecule has 3 heterocycles. The van der Waals surface area contributed by atoms with Crippen LogP contribution in [-0.4, -0.2) is 47.8 Å². The maximum absolute atomic E-state index is 12.7. The first-order chi connectivity index (χ1) is 14.5. The average Bonchev–Trinajstić information content (AvgIpc) is 3.35. The number of ether oxygens (including phenoxy) is 2. The van der Waals surface area contributed by atoms with Crippen molar-refractivity contribution in [3.05, 3.63) is 18.0 Å². The van der Waals surface area contributed by atoms with Gasteiger partial charge in [0.1, 0.15) is 5.65 Å². The van der Waals surface area contributed by atoms with Crippen LogP contribution in [0.2, 0.25) is 0 Å². The molecule has 1 saturated heterocycles. The van der Waals surface area contributed by atoms with Crippen molar-refractivity contribution in [2.24, 2.45) is 5.92 Å². The molecule has 30 heavy (non-hydrogen) atoms. The van der Waals surface area contributed by atoms with E-state index < -0.39 is 5.97 Å². The second kappa shape index (κ2) is 9.93. The predicted molar refractivity (Wildman–Crippen MR) is 117 cm³/mol. The molecule has 1 unspecified atom stereocenters. The lowest BCUT2D eigenvalue weighted by molar-refractivity contribution is -0.114. The molecule has 2 N–H and O–H groups in total. The van der Waals surface area contributed by atoms with E-state index in [4.69, 9.17) is 9.47 Å². The van der Waals surface area contributed by atoms with Gasteiger partial charge in [0.25, 0.3) is 0 Å². The Morgan fingerprint density at radius 3 is 2.73 bits per heavy atom. The lowest BCUT2D eigenvalue weighted by Crippen LogP contribution is -2.21. The normalized spacial score (nSPS) is 16.2. The quantitative estimate of drug-likeness (QED) is 0.604. The van der Waals surface area contributed by atoms with Crippen LogP contribution in [0.5, 0.6) is 0 Å². The highest BCUT2D eigenvalue weighted by atomic mass is 16.5. The van der Waals surface area contributed by atoms with Gasteiger partial charge in [-0.15, -0.1) is 0 Å². The van der Waals surface area contributed by atoms with Crippen LogP contribution >= 0.6 is 0 Å². The Kier molecular flexibility index (Phi) is 7.31. The number of hydrogen-bond donors (Lipinski definition) is 2. The molecule has 1 amide bonds. The fraction of sp³-hybridized carbons (Fsp3) is 0.591. The van der Waals surface area contributed by atoms with Crippen molar-refractivity contribution < 1.29 is 19.1 Å². The number of nitrogens with zero attached hydrogens (tertiary/aromatic N) is 2. The highest BCUT2D eigenvalue weighted by molar-refractivity contribution is 6.10. The molecule has 2 aromatic rings. The van der Waals surface area contributed by atoms with Crippen molar-refractivity contribution in [1.29, 1.82) is 0 Å². The van der Waals surface area contributed by atoms with Crippen molar-refractivity contribution in [1.82, 2.24) is 9.55 Å². The molecule has 1 atom stereocenters. The summed E-state index contributed by atoms with van der Waals surface area (Å²) in [6, 6.07) is 1.94. The number of nitrogens with one attached hydrogen (secondary N) is 2. The standard InChI is InChI=1S/C22H32N4O4/c1-5-15(6-2)11-23-16-10-18-19(25-14(3)27)20(22(28)29-4)26(21(18)24-12-16)13-17-8-7-9-30-17/h10,12,15,17,23H,5-9,11,13H2,1-4H3,(H,25,27). The van der Waals surface area contributed by atoms with Crippen LogP contribution in [0.25, 0.3) is 11.0 Å². The first-order valence-corrected chi connectivity index (χ1v) is 10.7. The zero-order chi connectivity index (χ0) is 21.7. The van der Waals surface area contributed by atoms with Gasteiger partial charge in [-0.3, -0.25) is 4.79 Å². The number of rotatable bonds is 9. The highest BCUT2D eigenvalue weighted by Crippen LogP contribution is 2.33. The lowest BCUT2D eigenvalue weighted by Gasteiger charge is -2.15. The van der Waals surface area contributed by atoms with E-state index in [1.165, 1.54) is 14.0 Å². The van der Waals surface area contributed by atoms with Crippen LogP contribution < -0.4 is 10.6 Å². The Bertz CT molecular complexity index is 898. The second-order valence-corrected chi connectivity index (χ2v) is 7.80. The van der Waals surface area contributed by atoms with Gasteiger partial charge in [-0.25, -0.2) is 9.78 Å². The lowest BCUT2D eigenvalue weighted by atomic mass is 10.0. The van der Waals surface area contributed by atoms with E-state index in [0.717, 1.165) is 37.9 Å². The van der Waals surface area contributed by atoms with E-state index in [9.17, 15) is 9.59 Å². The monoisotopic (exact) mass is 416 g/mol. The van der Waals surface area contributed by atoms with Gasteiger partial charge in [0.2, 0.25) is 5.91 Å². The number of anilines is 2. The average molecular weight is 417 g/mol. The number of esters is 1. The van der Waals surface area contributed by atoms with Crippen LogP contribution in [-0.2, 0) is 20.8 Å². The van der Waals surface area contributed by atoms with Crippen molar-refractivity contribution in [2.75, 3.05) is 30.9 Å². The fourth-order valence-electron chi connectivity index (χ4n) is 3.94. The highest BCUT2D eigenvalue weighted by Gasteiger charge is 2.28. The Morgan fingerprint density at radius 1 is 1.37 bits per heavy atom. The summed E-state index contributed by atoms with van der Waals surface area (Å²) in [5.41, 5.74) is 2.21. The number of amides is 1. The molecule has 8 heteroatoms. The SMILES string of the molecule is CCC(CC)CNc1cnc2c(c1)c(NC(C)=O)c(C(=O)OC)n2CC1CCCO1. The van der Waals surface area contributed by atoms with Crippen LogP contribution in [0.1, 0.15) is 56.9 Å². The zero-order valence-electron chi connectivity index (χ0n) is 18.3. The van der Waals surface area contributed by atoms with Crippen LogP contribution in [0.4, 0.5) is 11.4 Å². The summed E-state index contributed by atoms with van der Waals surface area (Å²) >= 11 is 0. The van der Waals surface area contributed by atoms with E-state index in [1.807, 2.05) is 10.6 Å². The Balaban J connectivity index is 2.07. The van der Waals surface area contributed by atoms with Gasteiger partial charge in [0, 0.05) is 25.5 Å².